The van der Waals surface area contributed by atoms with Crippen molar-refractivity contribution in [2.24, 2.45) is 0 Å². The van der Waals surface area contributed by atoms with Crippen LogP contribution in [0.1, 0.15) is 0 Å². The minimum absolute atomic E-state index is 0.236. The number of hydrogen-bond acceptors (Lipinski definition) is 1. The Labute approximate surface area is 72.6 Å². The molecule has 0 aromatic heterocycles. The Morgan fingerprint density at radius 2 is 1.92 bits per heavy atom. The molecule has 1 aromatic carbocycles. The van der Waals surface area contributed by atoms with E-state index in [0.29, 0.717) is 5.46 Å². The summed E-state index contributed by atoms with van der Waals surface area (Å²) in [5.74, 6) is 0. The van der Waals surface area contributed by atoms with Gasteiger partial charge in [0, 0.05) is 12.7 Å². The quantitative estimate of drug-likeness (QED) is 0.567. The fourth-order valence-corrected chi connectivity index (χ4v) is 0.760. The Hall–Kier alpha value is -1.45. The molecule has 1 rings (SSSR count). The van der Waals surface area contributed by atoms with Crippen molar-refractivity contribution in [3.05, 3.63) is 24.3 Å². The van der Waals surface area contributed by atoms with Gasteiger partial charge in [0.05, 0.1) is 0 Å². The van der Waals surface area contributed by atoms with Crippen LogP contribution in [0.15, 0.2) is 24.3 Å². The average Bonchev–Trinajstić information content (AvgIpc) is 2.09. The highest BCUT2D eigenvalue weighted by atomic mass is 16.2. The van der Waals surface area contributed by atoms with Crippen LogP contribution in [0.4, 0.5) is 10.5 Å². The van der Waals surface area contributed by atoms with E-state index in [0.717, 1.165) is 5.69 Å². The van der Waals surface area contributed by atoms with E-state index in [1.54, 1.807) is 31.3 Å². The molecule has 0 heterocycles. The molecule has 1 aromatic rings. The van der Waals surface area contributed by atoms with Crippen LogP contribution in [0.5, 0.6) is 0 Å². The Bertz CT molecular complexity index is 271. The van der Waals surface area contributed by atoms with Crippen molar-refractivity contribution in [3.63, 3.8) is 0 Å². The van der Waals surface area contributed by atoms with Crippen molar-refractivity contribution in [1.29, 1.82) is 0 Å². The van der Waals surface area contributed by atoms with Crippen molar-refractivity contribution in [2.45, 2.75) is 0 Å². The van der Waals surface area contributed by atoms with Crippen LogP contribution in [-0.4, -0.2) is 20.9 Å². The minimum Gasteiger partial charge on any atom is -0.341 e. The van der Waals surface area contributed by atoms with E-state index in [1.807, 2.05) is 0 Å². The van der Waals surface area contributed by atoms with Gasteiger partial charge < -0.3 is 10.6 Å². The van der Waals surface area contributed by atoms with Crippen molar-refractivity contribution >= 4 is 25.0 Å². The second-order valence-electron chi connectivity index (χ2n) is 2.33. The Morgan fingerprint density at radius 1 is 1.33 bits per heavy atom. The van der Waals surface area contributed by atoms with Crippen molar-refractivity contribution < 1.29 is 4.79 Å². The number of hydrogen-bond donors (Lipinski definition) is 2. The van der Waals surface area contributed by atoms with Gasteiger partial charge in [-0.3, -0.25) is 0 Å². The summed E-state index contributed by atoms with van der Waals surface area (Å²) in [5, 5.41) is 5.06. The summed E-state index contributed by atoms with van der Waals surface area (Å²) in [6.45, 7) is 0. The molecule has 4 heteroatoms. The molecule has 0 unspecified atom stereocenters. The zero-order valence-corrected chi connectivity index (χ0v) is 6.79. The number of urea groups is 1. The van der Waals surface area contributed by atoms with E-state index in [4.69, 9.17) is 7.85 Å². The molecule has 0 bridgehead atoms. The molecule has 2 N–H and O–H groups in total. The van der Waals surface area contributed by atoms with Crippen LogP contribution in [-0.2, 0) is 0 Å². The summed E-state index contributed by atoms with van der Waals surface area (Å²) < 4.78 is 0. The Kier molecular flexibility index (Phi) is 2.74. The van der Waals surface area contributed by atoms with E-state index in [2.05, 4.69) is 10.6 Å². The first-order valence-corrected chi connectivity index (χ1v) is 3.56. The number of anilines is 1. The number of amides is 2. The standard InChI is InChI=1S/C8H9BN2O/c1-10-8(12)11-7-4-2-6(9)3-5-7/h2-5H,1H3,(H2,10,11,12). The zero-order valence-electron chi connectivity index (χ0n) is 6.79. The Morgan fingerprint density at radius 3 is 2.42 bits per heavy atom. The van der Waals surface area contributed by atoms with Crippen molar-refractivity contribution in [3.8, 4) is 0 Å². The van der Waals surface area contributed by atoms with Crippen LogP contribution in [0.2, 0.25) is 0 Å². The molecular formula is C8H9BN2O. The van der Waals surface area contributed by atoms with Crippen molar-refractivity contribution in [1.82, 2.24) is 5.32 Å². The van der Waals surface area contributed by atoms with Gasteiger partial charge in [-0.1, -0.05) is 17.6 Å². The first-order valence-electron chi connectivity index (χ1n) is 3.56. The summed E-state index contributed by atoms with van der Waals surface area (Å²) in [7, 11) is 7.02. The lowest BCUT2D eigenvalue weighted by Crippen LogP contribution is -2.24. The number of carbonyl (C=O) groups is 1. The van der Waals surface area contributed by atoms with E-state index >= 15 is 0 Å². The summed E-state index contributed by atoms with van der Waals surface area (Å²) >= 11 is 0. The normalized spacial score (nSPS) is 9.08. The van der Waals surface area contributed by atoms with E-state index in [-0.39, 0.29) is 6.03 Å². The highest BCUT2D eigenvalue weighted by Crippen LogP contribution is 2.02. The second-order valence-corrected chi connectivity index (χ2v) is 2.33. The first-order chi connectivity index (χ1) is 5.72. The van der Waals surface area contributed by atoms with Gasteiger partial charge in [0.25, 0.3) is 0 Å². The molecule has 0 atom stereocenters. The smallest absolute Gasteiger partial charge is 0.318 e. The molecule has 0 saturated heterocycles. The molecule has 0 fully saturated rings. The molecule has 0 saturated carbocycles. The van der Waals surface area contributed by atoms with Crippen LogP contribution < -0.4 is 16.1 Å². The molecule has 0 spiro atoms. The maximum absolute atomic E-state index is 10.8. The maximum Gasteiger partial charge on any atom is 0.318 e. The highest BCUT2D eigenvalue weighted by molar-refractivity contribution is 6.32. The van der Waals surface area contributed by atoms with E-state index in [1.165, 1.54) is 0 Å². The number of benzene rings is 1. The van der Waals surface area contributed by atoms with Gasteiger partial charge in [0.2, 0.25) is 0 Å². The summed E-state index contributed by atoms with van der Waals surface area (Å²) in [4.78, 5) is 10.8. The molecule has 60 valence electrons. The van der Waals surface area contributed by atoms with Crippen LogP contribution in [0.25, 0.3) is 0 Å². The third-order valence-corrected chi connectivity index (χ3v) is 1.40. The minimum atomic E-state index is -0.236. The predicted molar refractivity (Wildman–Crippen MR) is 49.9 cm³/mol. The fourth-order valence-electron chi connectivity index (χ4n) is 0.760. The van der Waals surface area contributed by atoms with Crippen molar-refractivity contribution in [2.75, 3.05) is 12.4 Å². The van der Waals surface area contributed by atoms with Gasteiger partial charge in [-0.25, -0.2) is 4.79 Å². The number of rotatable bonds is 1. The molecular weight excluding hydrogens is 151 g/mol. The molecule has 2 radical (unpaired) electrons. The molecule has 3 nitrogen and oxygen atoms in total. The second kappa shape index (κ2) is 3.81. The third kappa shape index (κ3) is 2.30. The largest absolute Gasteiger partial charge is 0.341 e. The van der Waals surface area contributed by atoms with Gasteiger partial charge in [-0.2, -0.15) is 0 Å². The lowest BCUT2D eigenvalue weighted by atomic mass is 9.96. The van der Waals surface area contributed by atoms with Gasteiger partial charge >= 0.3 is 6.03 Å². The molecule has 2 amide bonds. The van der Waals surface area contributed by atoms with E-state index in [9.17, 15) is 4.79 Å². The van der Waals surface area contributed by atoms with Gasteiger partial charge in [0.15, 0.2) is 0 Å². The monoisotopic (exact) mass is 160 g/mol. The number of carbonyl (C=O) groups excluding carboxylic acids is 1. The predicted octanol–water partition coefficient (Wildman–Crippen LogP) is 0.232. The topological polar surface area (TPSA) is 41.1 Å². The fraction of sp³-hybridized carbons (Fsp3) is 0.125. The van der Waals surface area contributed by atoms with Crippen LogP contribution in [0, 0.1) is 0 Å². The number of nitrogens with one attached hydrogen (secondary N) is 2. The SMILES string of the molecule is [B]c1ccc(NC(=O)NC)cc1. The lowest BCUT2D eigenvalue weighted by molar-refractivity contribution is 0.254. The zero-order chi connectivity index (χ0) is 8.97. The maximum atomic E-state index is 10.8. The molecule has 12 heavy (non-hydrogen) atoms. The first kappa shape index (κ1) is 8.65. The highest BCUT2D eigenvalue weighted by Gasteiger charge is 1.95. The summed E-state index contributed by atoms with van der Waals surface area (Å²) in [6, 6.07) is 6.70. The molecule has 0 aliphatic carbocycles. The molecule has 0 aliphatic rings. The van der Waals surface area contributed by atoms with E-state index < -0.39 is 0 Å². The lowest BCUT2D eigenvalue weighted by Gasteiger charge is -2.03. The summed E-state index contributed by atoms with van der Waals surface area (Å²) in [5.41, 5.74) is 1.40. The average molecular weight is 160 g/mol. The summed E-state index contributed by atoms with van der Waals surface area (Å²) in [6.07, 6.45) is 0. The van der Waals surface area contributed by atoms with Gasteiger partial charge in [-0.15, -0.1) is 0 Å². The van der Waals surface area contributed by atoms with Gasteiger partial charge in [0.1, 0.15) is 7.85 Å². The van der Waals surface area contributed by atoms with Gasteiger partial charge in [-0.05, 0) is 12.1 Å². The molecule has 0 aliphatic heterocycles. The Balaban J connectivity index is 2.64. The van der Waals surface area contributed by atoms with Crippen LogP contribution in [0.3, 0.4) is 0 Å². The van der Waals surface area contributed by atoms with Crippen LogP contribution >= 0.6 is 0 Å². The third-order valence-electron chi connectivity index (χ3n) is 1.40.